The van der Waals surface area contributed by atoms with Gasteiger partial charge in [0.05, 0.1) is 0 Å². The lowest BCUT2D eigenvalue weighted by Gasteiger charge is -2.30. The highest BCUT2D eigenvalue weighted by molar-refractivity contribution is 4.97. The van der Waals surface area contributed by atoms with Crippen molar-refractivity contribution in [1.82, 2.24) is 5.32 Å². The van der Waals surface area contributed by atoms with E-state index >= 15 is 0 Å². The number of rotatable bonds is 8. The van der Waals surface area contributed by atoms with E-state index in [-0.39, 0.29) is 0 Å². The standard InChI is InChI=1S/C14H27N/c1-4-9-15-14(10-12(3)5-2)11-13-7-6-8-13/h13-15H,3-11H2,1-2H3. The highest BCUT2D eigenvalue weighted by atomic mass is 14.9. The lowest BCUT2D eigenvalue weighted by atomic mass is 9.80. The quantitative estimate of drug-likeness (QED) is 0.598. The Kier molecular flexibility index (Phi) is 6.00. The molecule has 0 aromatic rings. The molecule has 15 heavy (non-hydrogen) atoms. The molecular formula is C14H27N. The fourth-order valence-electron chi connectivity index (χ4n) is 2.21. The molecule has 0 aromatic carbocycles. The maximum absolute atomic E-state index is 4.13. The van der Waals surface area contributed by atoms with Crippen molar-refractivity contribution in [1.29, 1.82) is 0 Å². The summed E-state index contributed by atoms with van der Waals surface area (Å²) >= 11 is 0. The van der Waals surface area contributed by atoms with Gasteiger partial charge in [-0.25, -0.2) is 0 Å². The van der Waals surface area contributed by atoms with Crippen molar-refractivity contribution in [3.8, 4) is 0 Å². The highest BCUT2D eigenvalue weighted by Crippen LogP contribution is 2.31. The topological polar surface area (TPSA) is 12.0 Å². The minimum Gasteiger partial charge on any atom is -0.314 e. The van der Waals surface area contributed by atoms with Crippen LogP contribution in [0.5, 0.6) is 0 Å². The number of hydrogen-bond acceptors (Lipinski definition) is 1. The number of hydrogen-bond donors (Lipinski definition) is 1. The van der Waals surface area contributed by atoms with Crippen LogP contribution in [0.2, 0.25) is 0 Å². The van der Waals surface area contributed by atoms with E-state index in [2.05, 4.69) is 25.7 Å². The molecule has 1 unspecified atom stereocenters. The summed E-state index contributed by atoms with van der Waals surface area (Å²) < 4.78 is 0. The van der Waals surface area contributed by atoms with Gasteiger partial charge in [-0.1, -0.05) is 45.3 Å². The molecule has 1 atom stereocenters. The average molecular weight is 209 g/mol. The maximum Gasteiger partial charge on any atom is 0.0107 e. The van der Waals surface area contributed by atoms with Gasteiger partial charge in [-0.15, -0.1) is 0 Å². The summed E-state index contributed by atoms with van der Waals surface area (Å²) in [6.07, 6.45) is 9.31. The zero-order valence-corrected chi connectivity index (χ0v) is 10.5. The first-order valence-electron chi connectivity index (χ1n) is 6.66. The molecule has 1 saturated carbocycles. The van der Waals surface area contributed by atoms with Crippen molar-refractivity contribution in [3.63, 3.8) is 0 Å². The van der Waals surface area contributed by atoms with Crippen LogP contribution in [0, 0.1) is 5.92 Å². The highest BCUT2D eigenvalue weighted by Gasteiger charge is 2.21. The average Bonchev–Trinajstić information content (AvgIpc) is 2.19. The molecule has 1 aliphatic carbocycles. The summed E-state index contributed by atoms with van der Waals surface area (Å²) in [6.45, 7) is 9.74. The monoisotopic (exact) mass is 209 g/mol. The van der Waals surface area contributed by atoms with Crippen molar-refractivity contribution < 1.29 is 0 Å². The van der Waals surface area contributed by atoms with Gasteiger partial charge in [-0.3, -0.25) is 0 Å². The van der Waals surface area contributed by atoms with Crippen LogP contribution in [0.3, 0.4) is 0 Å². The summed E-state index contributed by atoms with van der Waals surface area (Å²) in [4.78, 5) is 0. The molecule has 1 fully saturated rings. The van der Waals surface area contributed by atoms with E-state index in [4.69, 9.17) is 0 Å². The largest absolute Gasteiger partial charge is 0.314 e. The zero-order valence-electron chi connectivity index (χ0n) is 10.5. The summed E-state index contributed by atoms with van der Waals surface area (Å²) in [5.41, 5.74) is 1.41. The second kappa shape index (κ2) is 7.05. The van der Waals surface area contributed by atoms with Gasteiger partial charge < -0.3 is 5.32 Å². The Morgan fingerprint density at radius 1 is 1.40 bits per heavy atom. The molecule has 0 spiro atoms. The Hall–Kier alpha value is -0.300. The summed E-state index contributed by atoms with van der Waals surface area (Å²) in [7, 11) is 0. The fourth-order valence-corrected chi connectivity index (χ4v) is 2.21. The molecule has 0 aromatic heterocycles. The van der Waals surface area contributed by atoms with Gasteiger partial charge in [0.15, 0.2) is 0 Å². The van der Waals surface area contributed by atoms with Gasteiger partial charge in [-0.2, -0.15) is 0 Å². The SMILES string of the molecule is C=C(CC)CC(CC1CCC1)NCCC. The Balaban J connectivity index is 2.26. The van der Waals surface area contributed by atoms with E-state index < -0.39 is 0 Å². The maximum atomic E-state index is 4.13. The summed E-state index contributed by atoms with van der Waals surface area (Å²) in [6, 6.07) is 0.697. The van der Waals surface area contributed by atoms with Crippen molar-refractivity contribution in [2.45, 2.75) is 64.8 Å². The van der Waals surface area contributed by atoms with Crippen LogP contribution in [-0.2, 0) is 0 Å². The Morgan fingerprint density at radius 2 is 2.13 bits per heavy atom. The molecule has 0 amide bonds. The van der Waals surface area contributed by atoms with E-state index in [0.717, 1.165) is 18.9 Å². The van der Waals surface area contributed by atoms with E-state index in [9.17, 15) is 0 Å². The molecule has 0 bridgehead atoms. The van der Waals surface area contributed by atoms with Gasteiger partial charge in [-0.05, 0) is 38.1 Å². The van der Waals surface area contributed by atoms with E-state index in [1.54, 1.807) is 0 Å². The van der Waals surface area contributed by atoms with Crippen LogP contribution in [0.4, 0.5) is 0 Å². The van der Waals surface area contributed by atoms with E-state index in [1.807, 2.05) is 0 Å². The molecule has 0 heterocycles. The first kappa shape index (κ1) is 12.8. The number of nitrogens with one attached hydrogen (secondary N) is 1. The third-order valence-electron chi connectivity index (χ3n) is 3.56. The second-order valence-electron chi connectivity index (χ2n) is 4.99. The minimum absolute atomic E-state index is 0.697. The smallest absolute Gasteiger partial charge is 0.0107 e. The van der Waals surface area contributed by atoms with Gasteiger partial charge in [0, 0.05) is 6.04 Å². The molecule has 88 valence electrons. The fraction of sp³-hybridized carbons (Fsp3) is 0.857. The lowest BCUT2D eigenvalue weighted by Crippen LogP contribution is -2.33. The van der Waals surface area contributed by atoms with Crippen LogP contribution in [0.1, 0.15) is 58.8 Å². The van der Waals surface area contributed by atoms with Crippen LogP contribution >= 0.6 is 0 Å². The Bertz CT molecular complexity index is 182. The first-order chi connectivity index (χ1) is 7.26. The Labute approximate surface area is 95.3 Å². The van der Waals surface area contributed by atoms with Crippen molar-refractivity contribution in [3.05, 3.63) is 12.2 Å². The molecule has 1 aliphatic rings. The van der Waals surface area contributed by atoms with Gasteiger partial charge in [0.25, 0.3) is 0 Å². The first-order valence-corrected chi connectivity index (χ1v) is 6.66. The molecule has 0 saturated heterocycles. The second-order valence-corrected chi connectivity index (χ2v) is 4.99. The predicted molar refractivity (Wildman–Crippen MR) is 68.1 cm³/mol. The van der Waals surface area contributed by atoms with Crippen LogP contribution in [0.25, 0.3) is 0 Å². The molecule has 1 rings (SSSR count). The van der Waals surface area contributed by atoms with Gasteiger partial charge in [0.1, 0.15) is 0 Å². The van der Waals surface area contributed by atoms with Crippen LogP contribution < -0.4 is 5.32 Å². The van der Waals surface area contributed by atoms with Crippen molar-refractivity contribution >= 4 is 0 Å². The molecule has 1 nitrogen and oxygen atoms in total. The third-order valence-corrected chi connectivity index (χ3v) is 3.56. The van der Waals surface area contributed by atoms with Crippen molar-refractivity contribution in [2.75, 3.05) is 6.54 Å². The Morgan fingerprint density at radius 3 is 2.60 bits per heavy atom. The molecule has 1 heteroatoms. The van der Waals surface area contributed by atoms with Gasteiger partial charge >= 0.3 is 0 Å². The summed E-state index contributed by atoms with van der Waals surface area (Å²) in [5, 5.41) is 3.67. The lowest BCUT2D eigenvalue weighted by molar-refractivity contribution is 0.258. The summed E-state index contributed by atoms with van der Waals surface area (Å²) in [5.74, 6) is 1.00. The van der Waals surface area contributed by atoms with E-state index in [1.165, 1.54) is 44.1 Å². The molecule has 1 N–H and O–H groups in total. The van der Waals surface area contributed by atoms with Crippen molar-refractivity contribution in [2.24, 2.45) is 5.92 Å². The normalized spacial score (nSPS) is 18.5. The zero-order chi connectivity index (χ0) is 11.1. The van der Waals surface area contributed by atoms with Crippen LogP contribution in [0.15, 0.2) is 12.2 Å². The minimum atomic E-state index is 0.697. The molecule has 0 aliphatic heterocycles. The van der Waals surface area contributed by atoms with Crippen LogP contribution in [-0.4, -0.2) is 12.6 Å². The third kappa shape index (κ3) is 4.83. The van der Waals surface area contributed by atoms with E-state index in [0.29, 0.717) is 6.04 Å². The molecular weight excluding hydrogens is 182 g/mol. The molecule has 0 radical (unpaired) electrons. The predicted octanol–water partition coefficient (Wildman–Crippen LogP) is 3.90. The van der Waals surface area contributed by atoms with Gasteiger partial charge in [0.2, 0.25) is 0 Å².